The van der Waals surface area contributed by atoms with Crippen LogP contribution in [-0.4, -0.2) is 12.3 Å². The molecule has 2 heterocycles. The molecule has 55 heavy (non-hydrogen) atoms. The Hall–Kier alpha value is -5.05. The summed E-state index contributed by atoms with van der Waals surface area (Å²) in [6.07, 6.45) is 10.0. The third kappa shape index (κ3) is 8.03. The zero-order valence-corrected chi connectivity index (χ0v) is 34.9. The van der Waals surface area contributed by atoms with Gasteiger partial charge in [-0.2, -0.15) is 6.08 Å². The Labute approximate surface area is 349 Å². The van der Waals surface area contributed by atoms with Crippen LogP contribution in [0.2, 0.25) is 0 Å². The fourth-order valence-electron chi connectivity index (χ4n) is 7.37. The minimum atomic E-state index is 0. The predicted octanol–water partition coefficient (Wildman–Crippen LogP) is 14.2. The molecule has 0 atom stereocenters. The Kier molecular flexibility index (Phi) is 13.0. The number of hydrogen-bond donors (Lipinski definition) is 0. The minimum Gasteiger partial charge on any atom is -0.355 e. The van der Waals surface area contributed by atoms with E-state index in [1.807, 2.05) is 12.2 Å². The number of allylic oxidation sites excluding steroid dienone is 4. The first kappa shape index (κ1) is 39.6. The van der Waals surface area contributed by atoms with Crippen LogP contribution in [0.5, 0.6) is 0 Å². The Morgan fingerprint density at radius 2 is 0.873 bits per heavy atom. The van der Waals surface area contributed by atoms with Crippen LogP contribution in [0.15, 0.2) is 188 Å². The molecular formula is C50H41Cl2N2Zr-3. The van der Waals surface area contributed by atoms with Crippen LogP contribution in [0, 0.1) is 6.08 Å². The van der Waals surface area contributed by atoms with Crippen molar-refractivity contribution < 1.29 is 24.2 Å². The Bertz CT molecular complexity index is 2690. The van der Waals surface area contributed by atoms with Crippen molar-refractivity contribution in [3.8, 4) is 11.4 Å². The molecule has 2 nitrogen and oxygen atoms in total. The summed E-state index contributed by atoms with van der Waals surface area (Å²) in [5, 5.41) is 10.6. The Balaban J connectivity index is 0.000000149. The van der Waals surface area contributed by atoms with Crippen molar-refractivity contribution in [2.45, 2.75) is 20.3 Å². The van der Waals surface area contributed by atoms with E-state index in [9.17, 15) is 0 Å². The molecule has 0 spiro atoms. The van der Waals surface area contributed by atoms with Crippen molar-refractivity contribution in [1.82, 2.24) is 9.13 Å². The normalized spacial score (nSPS) is 11.4. The van der Waals surface area contributed by atoms with Crippen molar-refractivity contribution in [3.63, 3.8) is 0 Å². The van der Waals surface area contributed by atoms with Crippen LogP contribution in [0.3, 0.4) is 0 Å². The van der Waals surface area contributed by atoms with Crippen LogP contribution < -0.4 is 0 Å². The number of para-hydroxylation sites is 4. The number of rotatable bonds is 2. The number of aromatic nitrogens is 2. The van der Waals surface area contributed by atoms with Crippen LogP contribution in [0.1, 0.15) is 20.3 Å². The van der Waals surface area contributed by atoms with Gasteiger partial charge in [0.2, 0.25) is 0 Å². The van der Waals surface area contributed by atoms with Crippen molar-refractivity contribution in [2.24, 2.45) is 0 Å². The first-order chi connectivity index (χ1) is 26.1. The molecular weight excluding hydrogens is 791 g/mol. The van der Waals surface area contributed by atoms with Crippen molar-refractivity contribution in [1.29, 1.82) is 0 Å². The first-order valence-corrected chi connectivity index (χ1v) is 19.3. The van der Waals surface area contributed by atoms with Gasteiger partial charge in [-0.3, -0.25) is 6.08 Å². The molecule has 0 saturated carbocycles. The fourth-order valence-corrected chi connectivity index (χ4v) is 7.37. The molecule has 0 N–H and O–H groups in total. The molecule has 11 rings (SSSR count). The average Bonchev–Trinajstić information content (AvgIpc) is 4.04. The second-order valence-corrected chi connectivity index (χ2v) is 15.8. The number of benzene rings is 6. The Morgan fingerprint density at radius 1 is 0.509 bits per heavy atom. The number of hydrogen-bond acceptors (Lipinski definition) is 0. The van der Waals surface area contributed by atoms with E-state index < -0.39 is 0 Å². The molecule has 10 aromatic rings. The summed E-state index contributed by atoms with van der Waals surface area (Å²) in [6, 6.07) is 60.4. The van der Waals surface area contributed by atoms with Crippen LogP contribution in [-0.2, 0) is 24.2 Å². The van der Waals surface area contributed by atoms with Crippen molar-refractivity contribution >= 4 is 93.2 Å². The van der Waals surface area contributed by atoms with Crippen LogP contribution >= 0.6 is 24.8 Å². The zero-order valence-electron chi connectivity index (χ0n) is 30.8. The van der Waals surface area contributed by atoms with E-state index in [1.165, 1.54) is 79.7 Å². The monoisotopic (exact) mass is 829 g/mol. The molecule has 0 radical (unpaired) electrons. The maximum Gasteiger partial charge on any atom is 0.0378 e. The quantitative estimate of drug-likeness (QED) is 0.154. The van der Waals surface area contributed by atoms with E-state index in [1.54, 1.807) is 24.2 Å². The summed E-state index contributed by atoms with van der Waals surface area (Å²) in [4.78, 5) is 0. The van der Waals surface area contributed by atoms with Crippen molar-refractivity contribution in [2.75, 3.05) is 0 Å². The molecule has 272 valence electrons. The summed E-state index contributed by atoms with van der Waals surface area (Å²) in [5.41, 5.74) is 7.58. The third-order valence-corrected chi connectivity index (χ3v) is 9.47. The molecule has 5 heteroatoms. The Morgan fingerprint density at radius 3 is 1.24 bits per heavy atom. The van der Waals surface area contributed by atoms with E-state index in [0.29, 0.717) is 0 Å². The number of halogens is 2. The third-order valence-electron chi connectivity index (χ3n) is 9.47. The van der Waals surface area contributed by atoms with Gasteiger partial charge in [0.15, 0.2) is 0 Å². The van der Waals surface area contributed by atoms with Gasteiger partial charge in [-0.25, -0.2) is 12.2 Å². The second-order valence-electron chi connectivity index (χ2n) is 13.4. The molecule has 0 unspecified atom stereocenters. The number of nitrogens with zero attached hydrogens (tertiary/aromatic N) is 2. The maximum absolute atomic E-state index is 2.99. The van der Waals surface area contributed by atoms with E-state index in [-0.39, 0.29) is 24.8 Å². The van der Waals surface area contributed by atoms with Gasteiger partial charge in [-0.1, -0.05) is 142 Å². The van der Waals surface area contributed by atoms with Gasteiger partial charge in [0, 0.05) is 22.4 Å². The predicted molar refractivity (Wildman–Crippen MR) is 240 cm³/mol. The van der Waals surface area contributed by atoms with E-state index in [0.717, 1.165) is 6.42 Å². The largest absolute Gasteiger partial charge is 0.355 e. The van der Waals surface area contributed by atoms with E-state index in [2.05, 4.69) is 205 Å². The summed E-state index contributed by atoms with van der Waals surface area (Å²) in [5.74, 6) is 0. The molecule has 0 saturated heterocycles. The molecule has 0 bridgehead atoms. The molecule has 1 aliphatic rings. The van der Waals surface area contributed by atoms with Gasteiger partial charge in [0.1, 0.15) is 0 Å². The van der Waals surface area contributed by atoms with Crippen LogP contribution in [0.4, 0.5) is 0 Å². The SMILES string of the molecule is C[C](C)=[Zr].Cl.Cl.[C-]1=CC=CC1.c1ccc(-n2c3ccccc3c3[cH-]c4ccccc4c32)cc1.c1ccc(-n2c3ccccc3c3[cH-]c4ccccc4c32)cc1. The topological polar surface area (TPSA) is 9.86 Å². The summed E-state index contributed by atoms with van der Waals surface area (Å²) >= 11 is 1.55. The maximum atomic E-state index is 2.99. The smallest absolute Gasteiger partial charge is 0.0378 e. The first-order valence-electron chi connectivity index (χ1n) is 18.1. The number of fused-ring (bicyclic) bond motifs is 10. The summed E-state index contributed by atoms with van der Waals surface area (Å²) < 4.78 is 6.27. The van der Waals surface area contributed by atoms with Gasteiger partial charge in [-0.05, 0) is 47.4 Å². The van der Waals surface area contributed by atoms with Gasteiger partial charge in [0.25, 0.3) is 0 Å². The van der Waals surface area contributed by atoms with Gasteiger partial charge in [0.05, 0.1) is 0 Å². The van der Waals surface area contributed by atoms with Gasteiger partial charge < -0.3 is 9.13 Å². The average molecular weight is 832 g/mol. The van der Waals surface area contributed by atoms with E-state index >= 15 is 0 Å². The molecule has 8 aromatic carbocycles. The van der Waals surface area contributed by atoms with Crippen LogP contribution in [0.25, 0.3) is 76.5 Å². The molecule has 0 amide bonds. The minimum absolute atomic E-state index is 0. The zero-order chi connectivity index (χ0) is 36.1. The molecule has 0 aliphatic heterocycles. The summed E-state index contributed by atoms with van der Waals surface area (Å²) in [7, 11) is 0. The van der Waals surface area contributed by atoms with Gasteiger partial charge >= 0.3 is 41.3 Å². The van der Waals surface area contributed by atoms with E-state index in [4.69, 9.17) is 0 Å². The summed E-state index contributed by atoms with van der Waals surface area (Å²) in [6.45, 7) is 4.25. The second kappa shape index (κ2) is 18.1. The molecule has 2 aromatic heterocycles. The molecule has 0 fully saturated rings. The fraction of sp³-hybridized carbons (Fsp3) is 0.0600. The van der Waals surface area contributed by atoms with Crippen molar-refractivity contribution in [3.05, 3.63) is 194 Å². The standard InChI is InChI=1S/2C21H14N.C5H5.C3H6.2ClH.Zr/c2*1-2-9-16(10-3-1)22-20-13-7-6-12-18(20)19-14-15-8-4-5-11-17(15)21(19)22;1-2-4-5-3-1;1-3-2;;;/h2*1-14H;1-3H,4H2;1-2H3;2*1H;/q3*-1;;;;. The molecule has 1 aliphatic carbocycles. The van der Waals surface area contributed by atoms with Gasteiger partial charge in [-0.15, -0.1) is 66.3 Å².